The Morgan fingerprint density at radius 3 is 2.68 bits per heavy atom. The number of aliphatic carboxylic acids is 1. The monoisotopic (exact) mass is 339 g/mol. The fourth-order valence-corrected chi connectivity index (χ4v) is 2.16. The topological polar surface area (TPSA) is 68.1 Å². The molecule has 25 heavy (non-hydrogen) atoms. The zero-order valence-corrected chi connectivity index (χ0v) is 14.8. The second kappa shape index (κ2) is 7.82. The fourth-order valence-electron chi connectivity index (χ4n) is 2.16. The van der Waals surface area contributed by atoms with E-state index in [0.717, 1.165) is 16.3 Å². The molecule has 0 bridgehead atoms. The van der Waals surface area contributed by atoms with Crippen LogP contribution in [-0.4, -0.2) is 36.1 Å². The largest absolute Gasteiger partial charge is 0.476 e. The maximum Gasteiger partial charge on any atom is 0.358 e. The molecule has 0 heterocycles. The second-order valence-corrected chi connectivity index (χ2v) is 5.87. The van der Waals surface area contributed by atoms with E-state index in [9.17, 15) is 9.90 Å². The minimum absolute atomic E-state index is 0.130. The highest BCUT2D eigenvalue weighted by Crippen LogP contribution is 2.22. The molecule has 2 rings (SSSR count). The lowest BCUT2D eigenvalue weighted by atomic mass is 9.98. The first kappa shape index (κ1) is 18.5. The third-order valence-electron chi connectivity index (χ3n) is 3.64. The van der Waals surface area contributed by atoms with Gasteiger partial charge in [0, 0.05) is 18.2 Å². The van der Waals surface area contributed by atoms with Crippen LogP contribution in [-0.2, 0) is 14.4 Å². The highest BCUT2D eigenvalue weighted by atomic mass is 16.6. The number of oxime groups is 1. The Balaban J connectivity index is 2.59. The van der Waals surface area contributed by atoms with Crippen LogP contribution >= 0.6 is 0 Å². The minimum atomic E-state index is -1.14. The average Bonchev–Trinajstić information content (AvgIpc) is 2.60. The van der Waals surface area contributed by atoms with Gasteiger partial charge in [0.05, 0.1) is 0 Å². The Labute approximate surface area is 147 Å². The first-order chi connectivity index (χ1) is 11.9. The van der Waals surface area contributed by atoms with Gasteiger partial charge in [0.1, 0.15) is 12.2 Å². The quantitative estimate of drug-likeness (QED) is 0.515. The van der Waals surface area contributed by atoms with Gasteiger partial charge in [0.15, 0.2) is 5.71 Å². The molecule has 0 aliphatic heterocycles. The Morgan fingerprint density at radius 1 is 1.28 bits per heavy atom. The van der Waals surface area contributed by atoms with Crippen molar-refractivity contribution >= 4 is 22.5 Å². The van der Waals surface area contributed by atoms with Gasteiger partial charge in [-0.2, -0.15) is 0 Å². The number of carboxylic acids is 1. The number of ether oxygens (including phenoxy) is 1. The summed E-state index contributed by atoms with van der Waals surface area (Å²) in [4.78, 5) is 16.5. The number of nitrogens with zero attached hydrogens (tertiary/aromatic N) is 1. The summed E-state index contributed by atoms with van der Waals surface area (Å²) < 4.78 is 5.30. The fraction of sp³-hybridized carbons (Fsp3) is 0.300. The van der Waals surface area contributed by atoms with Crippen molar-refractivity contribution in [3.8, 4) is 11.8 Å². The van der Waals surface area contributed by atoms with Crippen LogP contribution in [0.5, 0.6) is 0 Å². The van der Waals surface area contributed by atoms with Crippen molar-refractivity contribution in [2.24, 2.45) is 5.16 Å². The van der Waals surface area contributed by atoms with Gasteiger partial charge in [0.25, 0.3) is 0 Å². The van der Waals surface area contributed by atoms with E-state index in [2.05, 4.69) is 17.0 Å². The number of fused-ring (bicyclic) bond motifs is 1. The van der Waals surface area contributed by atoms with Gasteiger partial charge in [0.2, 0.25) is 0 Å². The van der Waals surface area contributed by atoms with Gasteiger partial charge >= 0.3 is 5.97 Å². The average molecular weight is 339 g/mol. The molecule has 1 N–H and O–H groups in total. The van der Waals surface area contributed by atoms with Gasteiger partial charge in [-0.05, 0) is 43.7 Å². The van der Waals surface area contributed by atoms with Crippen molar-refractivity contribution in [3.63, 3.8) is 0 Å². The summed E-state index contributed by atoms with van der Waals surface area (Å²) in [6.45, 7) is 5.80. The van der Waals surface area contributed by atoms with E-state index in [-0.39, 0.29) is 5.71 Å². The summed E-state index contributed by atoms with van der Waals surface area (Å²) >= 11 is 0. The summed E-state index contributed by atoms with van der Waals surface area (Å²) in [5.74, 6) is 4.98. The maximum absolute atomic E-state index is 11.6. The number of methoxy groups -OCH3 is 1. The molecule has 2 aromatic carbocycles. The van der Waals surface area contributed by atoms with Crippen molar-refractivity contribution in [1.29, 1.82) is 0 Å². The van der Waals surface area contributed by atoms with Crippen LogP contribution in [0, 0.1) is 11.8 Å². The molecular weight excluding hydrogens is 318 g/mol. The summed E-state index contributed by atoms with van der Waals surface area (Å²) in [7, 11) is 1.61. The molecule has 0 saturated carbocycles. The van der Waals surface area contributed by atoms with Crippen molar-refractivity contribution in [2.75, 3.05) is 13.7 Å². The highest BCUT2D eigenvalue weighted by molar-refractivity contribution is 6.44. The number of benzene rings is 2. The van der Waals surface area contributed by atoms with Crippen LogP contribution in [0.25, 0.3) is 10.8 Å². The van der Waals surface area contributed by atoms with Gasteiger partial charge in [-0.1, -0.05) is 41.3 Å². The van der Waals surface area contributed by atoms with Crippen LogP contribution in [0.15, 0.2) is 41.6 Å². The second-order valence-electron chi connectivity index (χ2n) is 5.87. The molecular formula is C20H21NO4. The van der Waals surface area contributed by atoms with Gasteiger partial charge in [-0.25, -0.2) is 4.79 Å². The van der Waals surface area contributed by atoms with Crippen molar-refractivity contribution in [3.05, 3.63) is 47.5 Å². The Bertz CT molecular complexity index is 872. The third kappa shape index (κ3) is 4.59. The molecule has 0 aliphatic rings. The lowest BCUT2D eigenvalue weighted by Crippen LogP contribution is -2.19. The molecule has 0 spiro atoms. The lowest BCUT2D eigenvalue weighted by Gasteiger charge is -2.14. The van der Waals surface area contributed by atoms with Crippen LogP contribution in [0.2, 0.25) is 0 Å². The molecule has 130 valence electrons. The van der Waals surface area contributed by atoms with Crippen molar-refractivity contribution in [1.82, 2.24) is 0 Å². The van der Waals surface area contributed by atoms with E-state index in [1.165, 1.54) is 0 Å². The molecule has 5 nitrogen and oxygen atoms in total. The van der Waals surface area contributed by atoms with E-state index in [1.54, 1.807) is 26.2 Å². The molecule has 2 aromatic rings. The molecule has 0 atom stereocenters. The van der Waals surface area contributed by atoms with Gasteiger partial charge in [-0.3, -0.25) is 0 Å². The molecule has 0 unspecified atom stereocenters. The minimum Gasteiger partial charge on any atom is -0.476 e. The molecule has 0 radical (unpaired) electrons. The van der Waals surface area contributed by atoms with Crippen molar-refractivity contribution in [2.45, 2.75) is 26.4 Å². The summed E-state index contributed by atoms with van der Waals surface area (Å²) in [5, 5.41) is 14.9. The van der Waals surface area contributed by atoms with E-state index in [4.69, 9.17) is 9.57 Å². The van der Waals surface area contributed by atoms with E-state index in [0.29, 0.717) is 12.2 Å². The van der Waals surface area contributed by atoms with E-state index >= 15 is 0 Å². The van der Waals surface area contributed by atoms with Crippen LogP contribution in [0.1, 0.15) is 31.9 Å². The number of hydrogen-bond donors (Lipinski definition) is 1. The first-order valence-electron chi connectivity index (χ1n) is 7.92. The molecule has 0 amide bonds. The van der Waals surface area contributed by atoms with Gasteiger partial charge in [-0.15, -0.1) is 0 Å². The zero-order valence-electron chi connectivity index (χ0n) is 14.8. The van der Waals surface area contributed by atoms with E-state index < -0.39 is 11.6 Å². The molecule has 0 aliphatic carbocycles. The summed E-state index contributed by atoms with van der Waals surface area (Å²) in [6, 6.07) is 11.1. The highest BCUT2D eigenvalue weighted by Gasteiger charge is 2.17. The number of carboxylic acid groups (broad SMARTS) is 1. The summed E-state index contributed by atoms with van der Waals surface area (Å²) in [5.41, 5.74) is 0.575. The standard InChI is InChI=1S/C20H21NO4/c1-5-25-21-18(19(22)23)16-8-6-7-15-10-9-14(13-17(15)16)11-12-20(2,3)24-4/h6-10,13H,5H2,1-4H3,(H,22,23). The maximum atomic E-state index is 11.6. The van der Waals surface area contributed by atoms with Gasteiger partial charge < -0.3 is 14.7 Å². The number of hydrogen-bond acceptors (Lipinski definition) is 4. The lowest BCUT2D eigenvalue weighted by molar-refractivity contribution is -0.129. The number of rotatable bonds is 5. The Morgan fingerprint density at radius 2 is 2.04 bits per heavy atom. The smallest absolute Gasteiger partial charge is 0.358 e. The van der Waals surface area contributed by atoms with Crippen LogP contribution in [0.3, 0.4) is 0 Å². The molecule has 5 heteroatoms. The normalized spacial score (nSPS) is 11.8. The zero-order chi connectivity index (χ0) is 18.4. The molecule has 0 aromatic heterocycles. The van der Waals surface area contributed by atoms with Crippen LogP contribution in [0.4, 0.5) is 0 Å². The van der Waals surface area contributed by atoms with Crippen LogP contribution < -0.4 is 0 Å². The van der Waals surface area contributed by atoms with Crippen molar-refractivity contribution < 1.29 is 19.5 Å². The molecule has 0 saturated heterocycles. The van der Waals surface area contributed by atoms with E-state index in [1.807, 2.05) is 38.1 Å². The predicted octanol–water partition coefficient (Wildman–Crippen LogP) is 3.44. The predicted molar refractivity (Wildman–Crippen MR) is 97.7 cm³/mol. The summed E-state index contributed by atoms with van der Waals surface area (Å²) in [6.07, 6.45) is 0. The first-order valence-corrected chi connectivity index (χ1v) is 7.92. The number of carbonyl (C=O) groups is 1. The molecule has 0 fully saturated rings. The SMILES string of the molecule is CCON=C(C(=O)O)c1cccc2ccc(C#CC(C)(C)OC)cc12. The Kier molecular flexibility index (Phi) is 5.79. The Hall–Kier alpha value is -2.84. The third-order valence-corrected chi connectivity index (χ3v) is 3.64.